The Kier molecular flexibility index (Phi) is 2.29. The van der Waals surface area contributed by atoms with E-state index < -0.39 is 0 Å². The lowest BCUT2D eigenvalue weighted by Gasteiger charge is -2.26. The molecule has 1 rings (SSSR count). The number of rotatable bonds is 1. The second-order valence-electron chi connectivity index (χ2n) is 2.88. The molecule has 1 aliphatic heterocycles. The Morgan fingerprint density at radius 3 is 2.56 bits per heavy atom. The predicted molar refractivity (Wildman–Crippen MR) is 42.5 cm³/mol. The van der Waals surface area contributed by atoms with Gasteiger partial charge in [0.15, 0.2) is 0 Å². The summed E-state index contributed by atoms with van der Waals surface area (Å²) in [5.41, 5.74) is 0. The van der Waals surface area contributed by atoms with Crippen molar-refractivity contribution in [3.63, 3.8) is 0 Å². The van der Waals surface area contributed by atoms with Crippen LogP contribution in [0.2, 0.25) is 0 Å². The zero-order valence-electron chi connectivity index (χ0n) is 6.14. The molecule has 0 spiro atoms. The minimum atomic E-state index is 0. The molecule has 0 aromatic heterocycles. The van der Waals surface area contributed by atoms with E-state index in [0.717, 1.165) is 5.92 Å². The molecule has 0 bridgehead atoms. The fourth-order valence-electron chi connectivity index (χ4n) is 1.26. The van der Waals surface area contributed by atoms with Crippen molar-refractivity contribution in [2.75, 3.05) is 20.1 Å². The van der Waals surface area contributed by atoms with Crippen LogP contribution in [0.5, 0.6) is 0 Å². The SMILES string of the molecule is C=CC1CCN(C)CC1.[HH]. The molecule has 0 aromatic rings. The Morgan fingerprint density at radius 1 is 1.56 bits per heavy atom. The molecule has 0 radical (unpaired) electrons. The van der Waals surface area contributed by atoms with Crippen molar-refractivity contribution in [1.29, 1.82) is 0 Å². The maximum Gasteiger partial charge on any atom is 0 e. The van der Waals surface area contributed by atoms with Gasteiger partial charge in [0.1, 0.15) is 0 Å². The first-order chi connectivity index (χ1) is 4.33. The number of hydrogen-bond donors (Lipinski definition) is 0. The third-order valence-corrected chi connectivity index (χ3v) is 2.10. The number of likely N-dealkylation sites (tertiary alicyclic amines) is 1. The minimum absolute atomic E-state index is 0. The molecular formula is C8H17N. The summed E-state index contributed by atoms with van der Waals surface area (Å²) in [5, 5.41) is 0. The highest BCUT2D eigenvalue weighted by Gasteiger charge is 2.12. The Balaban J connectivity index is 0.000000810. The average Bonchev–Trinajstić information content (AvgIpc) is 1.90. The van der Waals surface area contributed by atoms with Gasteiger partial charge in [0, 0.05) is 1.43 Å². The smallest absolute Gasteiger partial charge is 0 e. The van der Waals surface area contributed by atoms with Crippen LogP contribution in [-0.4, -0.2) is 25.0 Å². The summed E-state index contributed by atoms with van der Waals surface area (Å²) in [5.74, 6) is 0.793. The van der Waals surface area contributed by atoms with E-state index in [9.17, 15) is 0 Å². The van der Waals surface area contributed by atoms with E-state index in [-0.39, 0.29) is 1.43 Å². The van der Waals surface area contributed by atoms with Crippen LogP contribution in [0.4, 0.5) is 0 Å². The van der Waals surface area contributed by atoms with E-state index >= 15 is 0 Å². The molecular weight excluding hydrogens is 110 g/mol. The van der Waals surface area contributed by atoms with Gasteiger partial charge in [-0.2, -0.15) is 0 Å². The highest BCUT2D eigenvalue weighted by atomic mass is 15.1. The van der Waals surface area contributed by atoms with Gasteiger partial charge in [0.05, 0.1) is 0 Å². The zero-order chi connectivity index (χ0) is 6.69. The molecule has 1 nitrogen and oxygen atoms in total. The van der Waals surface area contributed by atoms with Crippen LogP contribution in [0.1, 0.15) is 14.3 Å². The minimum Gasteiger partial charge on any atom is -0.306 e. The van der Waals surface area contributed by atoms with Crippen LogP contribution in [0.3, 0.4) is 0 Å². The third-order valence-electron chi connectivity index (χ3n) is 2.10. The van der Waals surface area contributed by atoms with Crippen molar-refractivity contribution in [3.8, 4) is 0 Å². The van der Waals surface area contributed by atoms with E-state index in [1.54, 1.807) is 0 Å². The number of nitrogens with zero attached hydrogens (tertiary/aromatic N) is 1. The van der Waals surface area contributed by atoms with Crippen LogP contribution in [-0.2, 0) is 0 Å². The molecule has 0 amide bonds. The zero-order valence-corrected chi connectivity index (χ0v) is 6.14. The van der Waals surface area contributed by atoms with Gasteiger partial charge in [-0.05, 0) is 38.9 Å². The van der Waals surface area contributed by atoms with Crippen molar-refractivity contribution in [3.05, 3.63) is 12.7 Å². The van der Waals surface area contributed by atoms with Crippen LogP contribution < -0.4 is 0 Å². The Morgan fingerprint density at radius 2 is 2.11 bits per heavy atom. The fourth-order valence-corrected chi connectivity index (χ4v) is 1.26. The lowest BCUT2D eigenvalue weighted by molar-refractivity contribution is 0.244. The monoisotopic (exact) mass is 127 g/mol. The Hall–Kier alpha value is -0.300. The lowest BCUT2D eigenvalue weighted by atomic mass is 9.98. The summed E-state index contributed by atoms with van der Waals surface area (Å²) in [6.45, 7) is 6.28. The van der Waals surface area contributed by atoms with E-state index in [4.69, 9.17) is 0 Å². The molecule has 1 aliphatic rings. The third kappa shape index (κ3) is 1.83. The first-order valence-electron chi connectivity index (χ1n) is 3.64. The standard InChI is InChI=1S/C8H15N.H2/c1-3-8-4-6-9(2)7-5-8;/h3,8H,1,4-7H2,2H3;1H. The molecule has 1 heterocycles. The van der Waals surface area contributed by atoms with Gasteiger partial charge < -0.3 is 4.90 Å². The summed E-state index contributed by atoms with van der Waals surface area (Å²) >= 11 is 0. The van der Waals surface area contributed by atoms with E-state index in [2.05, 4.69) is 24.6 Å². The molecule has 0 aliphatic carbocycles. The van der Waals surface area contributed by atoms with Gasteiger partial charge in [-0.25, -0.2) is 0 Å². The van der Waals surface area contributed by atoms with Gasteiger partial charge in [-0.1, -0.05) is 6.08 Å². The number of piperidine rings is 1. The molecule has 1 saturated heterocycles. The Bertz CT molecular complexity index is 95.4. The average molecular weight is 127 g/mol. The van der Waals surface area contributed by atoms with Gasteiger partial charge in [-0.15, -0.1) is 6.58 Å². The normalized spacial score (nSPS) is 24.1. The molecule has 1 fully saturated rings. The van der Waals surface area contributed by atoms with E-state index in [0.29, 0.717) is 0 Å². The fraction of sp³-hybridized carbons (Fsp3) is 0.750. The quantitative estimate of drug-likeness (QED) is 0.485. The van der Waals surface area contributed by atoms with Crippen molar-refractivity contribution < 1.29 is 1.43 Å². The molecule has 0 atom stereocenters. The molecule has 1 heteroatoms. The molecule has 0 unspecified atom stereocenters. The summed E-state index contributed by atoms with van der Waals surface area (Å²) in [4.78, 5) is 2.38. The van der Waals surface area contributed by atoms with Crippen LogP contribution >= 0.6 is 0 Å². The maximum atomic E-state index is 3.79. The van der Waals surface area contributed by atoms with Gasteiger partial charge in [-0.3, -0.25) is 0 Å². The van der Waals surface area contributed by atoms with Crippen LogP contribution in [0, 0.1) is 5.92 Å². The summed E-state index contributed by atoms with van der Waals surface area (Å²) < 4.78 is 0. The summed E-state index contributed by atoms with van der Waals surface area (Å²) in [7, 11) is 2.18. The largest absolute Gasteiger partial charge is 0.306 e. The highest BCUT2D eigenvalue weighted by molar-refractivity contribution is 4.83. The summed E-state index contributed by atoms with van der Waals surface area (Å²) in [6, 6.07) is 0. The van der Waals surface area contributed by atoms with E-state index in [1.807, 2.05) is 0 Å². The van der Waals surface area contributed by atoms with E-state index in [1.165, 1.54) is 25.9 Å². The van der Waals surface area contributed by atoms with Crippen molar-refractivity contribution in [1.82, 2.24) is 4.90 Å². The van der Waals surface area contributed by atoms with Crippen molar-refractivity contribution in [2.45, 2.75) is 12.8 Å². The second kappa shape index (κ2) is 3.02. The molecule has 9 heavy (non-hydrogen) atoms. The number of hydrogen-bond acceptors (Lipinski definition) is 1. The first kappa shape index (κ1) is 6.81. The molecule has 0 N–H and O–H groups in total. The second-order valence-corrected chi connectivity index (χ2v) is 2.88. The highest BCUT2D eigenvalue weighted by Crippen LogP contribution is 2.15. The topological polar surface area (TPSA) is 3.24 Å². The first-order valence-corrected chi connectivity index (χ1v) is 3.64. The van der Waals surface area contributed by atoms with Gasteiger partial charge >= 0.3 is 0 Å². The van der Waals surface area contributed by atoms with Crippen molar-refractivity contribution in [2.24, 2.45) is 5.92 Å². The van der Waals surface area contributed by atoms with Crippen LogP contribution in [0.15, 0.2) is 12.7 Å². The van der Waals surface area contributed by atoms with Gasteiger partial charge in [0.2, 0.25) is 0 Å². The molecule has 54 valence electrons. The van der Waals surface area contributed by atoms with Crippen LogP contribution in [0.25, 0.3) is 0 Å². The van der Waals surface area contributed by atoms with Gasteiger partial charge in [0.25, 0.3) is 0 Å². The number of allylic oxidation sites excluding steroid dienone is 1. The predicted octanol–water partition coefficient (Wildman–Crippen LogP) is 1.76. The summed E-state index contributed by atoms with van der Waals surface area (Å²) in [6.07, 6.45) is 4.70. The molecule has 0 saturated carbocycles. The molecule has 0 aromatic carbocycles. The maximum absolute atomic E-state index is 3.79. The van der Waals surface area contributed by atoms with Crippen molar-refractivity contribution >= 4 is 0 Å². The lowest BCUT2D eigenvalue weighted by Crippen LogP contribution is -2.29. The Labute approximate surface area is 58.8 Å².